The maximum absolute atomic E-state index is 5.72. The molecule has 0 N–H and O–H groups in total. The number of nitrogens with zero attached hydrogens (tertiary/aromatic N) is 2. The Morgan fingerprint density at radius 1 is 1.08 bits per heavy atom. The van der Waals surface area contributed by atoms with Crippen molar-refractivity contribution in [1.29, 1.82) is 0 Å². The van der Waals surface area contributed by atoms with Crippen LogP contribution in [0.5, 0.6) is 0 Å². The van der Waals surface area contributed by atoms with Gasteiger partial charge in [-0.1, -0.05) is 48.0 Å². The standard InChI is InChI=1S/C22H24N2O/c1-17-9-11-19(12-10-17)22-23-20(16-25-22)15-24-13-5-8-21(24)14-18-6-3-2-4-7-18/h2-4,6-7,9-12,16,21H,5,8,13-15H2,1H3. The molecular formula is C22H24N2O. The largest absolute Gasteiger partial charge is 0.444 e. The highest BCUT2D eigenvalue weighted by Gasteiger charge is 2.25. The Morgan fingerprint density at radius 3 is 2.68 bits per heavy atom. The third-order valence-electron chi connectivity index (χ3n) is 5.03. The van der Waals surface area contributed by atoms with Crippen LogP contribution in [0.2, 0.25) is 0 Å². The van der Waals surface area contributed by atoms with E-state index < -0.39 is 0 Å². The Balaban J connectivity index is 1.43. The Bertz CT molecular complexity index is 808. The minimum atomic E-state index is 0.599. The Morgan fingerprint density at radius 2 is 1.88 bits per heavy atom. The molecule has 1 unspecified atom stereocenters. The first kappa shape index (κ1) is 16.1. The van der Waals surface area contributed by atoms with Crippen molar-refractivity contribution in [2.24, 2.45) is 0 Å². The molecule has 0 aliphatic carbocycles. The lowest BCUT2D eigenvalue weighted by molar-refractivity contribution is 0.241. The van der Waals surface area contributed by atoms with Crippen molar-refractivity contribution in [3.63, 3.8) is 0 Å². The number of likely N-dealkylation sites (tertiary alicyclic amines) is 1. The fourth-order valence-corrected chi connectivity index (χ4v) is 3.64. The lowest BCUT2D eigenvalue weighted by Gasteiger charge is -2.23. The highest BCUT2D eigenvalue weighted by atomic mass is 16.3. The summed E-state index contributed by atoms with van der Waals surface area (Å²) in [5.74, 6) is 0.716. The van der Waals surface area contributed by atoms with E-state index in [1.54, 1.807) is 0 Å². The molecule has 4 rings (SSSR count). The number of aryl methyl sites for hydroxylation is 1. The molecule has 3 aromatic rings. The second-order valence-corrected chi connectivity index (χ2v) is 6.97. The quantitative estimate of drug-likeness (QED) is 0.668. The second kappa shape index (κ2) is 7.24. The molecule has 1 aliphatic rings. The van der Waals surface area contributed by atoms with Crippen LogP contribution in [0.25, 0.3) is 11.5 Å². The molecule has 128 valence electrons. The van der Waals surface area contributed by atoms with Crippen molar-refractivity contribution >= 4 is 0 Å². The van der Waals surface area contributed by atoms with E-state index in [0.717, 1.165) is 30.8 Å². The van der Waals surface area contributed by atoms with Gasteiger partial charge in [-0.2, -0.15) is 0 Å². The maximum Gasteiger partial charge on any atom is 0.226 e. The SMILES string of the molecule is Cc1ccc(-c2nc(CN3CCCC3Cc3ccccc3)co2)cc1. The van der Waals surface area contributed by atoms with E-state index in [9.17, 15) is 0 Å². The van der Waals surface area contributed by atoms with Crippen LogP contribution in [0.1, 0.15) is 29.7 Å². The van der Waals surface area contributed by atoms with Gasteiger partial charge in [-0.15, -0.1) is 0 Å². The van der Waals surface area contributed by atoms with Crippen molar-refractivity contribution in [3.8, 4) is 11.5 Å². The summed E-state index contributed by atoms with van der Waals surface area (Å²) in [7, 11) is 0. The minimum absolute atomic E-state index is 0.599. The topological polar surface area (TPSA) is 29.3 Å². The zero-order valence-corrected chi connectivity index (χ0v) is 14.7. The van der Waals surface area contributed by atoms with Crippen LogP contribution < -0.4 is 0 Å². The van der Waals surface area contributed by atoms with Gasteiger partial charge in [0.15, 0.2) is 0 Å². The molecule has 1 saturated heterocycles. The van der Waals surface area contributed by atoms with E-state index in [4.69, 9.17) is 9.40 Å². The first-order chi connectivity index (χ1) is 12.3. The molecular weight excluding hydrogens is 308 g/mol. The number of aromatic nitrogens is 1. The van der Waals surface area contributed by atoms with Gasteiger partial charge in [-0.05, 0) is 50.4 Å². The van der Waals surface area contributed by atoms with E-state index in [-0.39, 0.29) is 0 Å². The van der Waals surface area contributed by atoms with Gasteiger partial charge >= 0.3 is 0 Å². The Kier molecular flexibility index (Phi) is 4.66. The van der Waals surface area contributed by atoms with Crippen molar-refractivity contribution < 1.29 is 4.42 Å². The van der Waals surface area contributed by atoms with Crippen molar-refractivity contribution in [3.05, 3.63) is 77.7 Å². The van der Waals surface area contributed by atoms with Crippen LogP contribution >= 0.6 is 0 Å². The monoisotopic (exact) mass is 332 g/mol. The number of benzene rings is 2. The van der Waals surface area contributed by atoms with E-state index in [0.29, 0.717) is 11.9 Å². The lowest BCUT2D eigenvalue weighted by atomic mass is 10.0. The summed E-state index contributed by atoms with van der Waals surface area (Å²) in [6.45, 7) is 4.10. The number of hydrogen-bond acceptors (Lipinski definition) is 3. The van der Waals surface area contributed by atoms with Crippen molar-refractivity contribution in [2.75, 3.05) is 6.54 Å². The molecule has 2 aromatic carbocycles. The van der Waals surface area contributed by atoms with Gasteiger partial charge in [0.2, 0.25) is 5.89 Å². The fourth-order valence-electron chi connectivity index (χ4n) is 3.64. The molecule has 3 heteroatoms. The van der Waals surface area contributed by atoms with E-state index in [2.05, 4.69) is 66.4 Å². The molecule has 1 atom stereocenters. The average Bonchev–Trinajstić information content (AvgIpc) is 3.27. The molecule has 0 bridgehead atoms. The molecule has 0 saturated carbocycles. The van der Waals surface area contributed by atoms with Gasteiger partial charge in [-0.3, -0.25) is 4.90 Å². The molecule has 0 spiro atoms. The van der Waals surface area contributed by atoms with E-state index in [1.165, 1.54) is 24.0 Å². The number of oxazole rings is 1. The normalized spacial score (nSPS) is 17.9. The molecule has 1 aliphatic heterocycles. The zero-order valence-electron chi connectivity index (χ0n) is 14.7. The van der Waals surface area contributed by atoms with Crippen molar-refractivity contribution in [2.45, 2.75) is 38.8 Å². The summed E-state index contributed by atoms with van der Waals surface area (Å²) in [6.07, 6.45) is 5.45. The highest BCUT2D eigenvalue weighted by Crippen LogP contribution is 2.25. The Labute approximate surface area is 149 Å². The summed E-state index contributed by atoms with van der Waals surface area (Å²) < 4.78 is 5.72. The third-order valence-corrected chi connectivity index (χ3v) is 5.03. The van der Waals surface area contributed by atoms with Gasteiger partial charge in [0.25, 0.3) is 0 Å². The van der Waals surface area contributed by atoms with Crippen LogP contribution in [-0.4, -0.2) is 22.5 Å². The van der Waals surface area contributed by atoms with Crippen LogP contribution in [-0.2, 0) is 13.0 Å². The first-order valence-electron chi connectivity index (χ1n) is 9.07. The van der Waals surface area contributed by atoms with Gasteiger partial charge in [0, 0.05) is 18.2 Å². The predicted molar refractivity (Wildman–Crippen MR) is 100 cm³/mol. The zero-order chi connectivity index (χ0) is 17.1. The summed E-state index contributed by atoms with van der Waals surface area (Å²) in [5, 5.41) is 0. The molecule has 25 heavy (non-hydrogen) atoms. The van der Waals surface area contributed by atoms with Crippen LogP contribution in [0.4, 0.5) is 0 Å². The van der Waals surface area contributed by atoms with Crippen LogP contribution in [0, 0.1) is 6.92 Å². The molecule has 3 nitrogen and oxygen atoms in total. The summed E-state index contributed by atoms with van der Waals surface area (Å²) in [5.41, 5.74) is 4.73. The molecule has 0 amide bonds. The third kappa shape index (κ3) is 3.83. The van der Waals surface area contributed by atoms with Crippen LogP contribution in [0.3, 0.4) is 0 Å². The first-order valence-corrected chi connectivity index (χ1v) is 9.07. The minimum Gasteiger partial charge on any atom is -0.444 e. The Hall–Kier alpha value is -2.39. The molecule has 1 aromatic heterocycles. The summed E-state index contributed by atoms with van der Waals surface area (Å²) in [6, 6.07) is 19.7. The molecule has 0 radical (unpaired) electrons. The fraction of sp³-hybridized carbons (Fsp3) is 0.318. The predicted octanol–water partition coefficient (Wildman–Crippen LogP) is 4.86. The second-order valence-electron chi connectivity index (χ2n) is 6.97. The lowest BCUT2D eigenvalue weighted by Crippen LogP contribution is -2.30. The smallest absolute Gasteiger partial charge is 0.226 e. The van der Waals surface area contributed by atoms with Gasteiger partial charge < -0.3 is 4.42 Å². The highest BCUT2D eigenvalue weighted by molar-refractivity contribution is 5.53. The molecule has 2 heterocycles. The van der Waals surface area contributed by atoms with E-state index in [1.807, 2.05) is 6.26 Å². The summed E-state index contributed by atoms with van der Waals surface area (Å²) in [4.78, 5) is 7.25. The van der Waals surface area contributed by atoms with Crippen molar-refractivity contribution in [1.82, 2.24) is 9.88 Å². The average molecular weight is 332 g/mol. The summed E-state index contributed by atoms with van der Waals surface area (Å²) >= 11 is 0. The van der Waals surface area contributed by atoms with E-state index >= 15 is 0 Å². The molecule has 1 fully saturated rings. The van der Waals surface area contributed by atoms with Crippen LogP contribution in [0.15, 0.2) is 65.3 Å². The van der Waals surface area contributed by atoms with Gasteiger partial charge in [0.1, 0.15) is 6.26 Å². The number of rotatable bonds is 5. The number of hydrogen-bond donors (Lipinski definition) is 0. The van der Waals surface area contributed by atoms with Gasteiger partial charge in [-0.25, -0.2) is 4.98 Å². The van der Waals surface area contributed by atoms with Gasteiger partial charge in [0.05, 0.1) is 5.69 Å². The maximum atomic E-state index is 5.72.